The van der Waals surface area contributed by atoms with Crippen LogP contribution in [-0.2, 0) is 0 Å². The molecular formula is C17H15ClN2OS. The number of ether oxygens (including phenoxy) is 1. The van der Waals surface area contributed by atoms with Gasteiger partial charge in [0.05, 0.1) is 17.7 Å². The minimum atomic E-state index is 0.583. The zero-order valence-electron chi connectivity index (χ0n) is 12.3. The zero-order valence-corrected chi connectivity index (χ0v) is 13.8. The molecule has 0 unspecified atom stereocenters. The maximum atomic E-state index is 9.50. The number of hydrogen-bond acceptors (Lipinski definition) is 4. The number of rotatable bonds is 5. The summed E-state index contributed by atoms with van der Waals surface area (Å²) < 4.78 is 5.14. The molecule has 1 N–H and O–H groups in total. The Balaban J connectivity index is 2.33. The molecule has 0 aliphatic carbocycles. The molecular weight excluding hydrogens is 316 g/mol. The second-order valence-corrected chi connectivity index (χ2v) is 5.63. The van der Waals surface area contributed by atoms with Gasteiger partial charge in [-0.2, -0.15) is 5.26 Å². The van der Waals surface area contributed by atoms with Crippen LogP contribution < -0.4 is 10.1 Å². The number of thioether (sulfide) groups is 1. The van der Waals surface area contributed by atoms with Crippen LogP contribution >= 0.6 is 23.4 Å². The summed E-state index contributed by atoms with van der Waals surface area (Å²) in [4.78, 5) is 0. The molecule has 0 aliphatic heterocycles. The lowest BCUT2D eigenvalue weighted by molar-refractivity contribution is 0.415. The van der Waals surface area contributed by atoms with Gasteiger partial charge in [0.2, 0.25) is 0 Å². The third-order valence-corrected chi connectivity index (χ3v) is 3.99. The lowest BCUT2D eigenvalue weighted by atomic mass is 10.1. The molecule has 0 aromatic heterocycles. The molecule has 2 aromatic rings. The van der Waals surface area contributed by atoms with E-state index in [1.807, 2.05) is 42.7 Å². The van der Waals surface area contributed by atoms with Crippen molar-refractivity contribution in [1.82, 2.24) is 0 Å². The van der Waals surface area contributed by atoms with Crippen molar-refractivity contribution in [1.29, 1.82) is 5.26 Å². The van der Waals surface area contributed by atoms with Crippen LogP contribution in [0.5, 0.6) is 5.75 Å². The first-order valence-corrected chi connectivity index (χ1v) is 8.13. The Morgan fingerprint density at radius 2 is 1.77 bits per heavy atom. The van der Waals surface area contributed by atoms with Crippen molar-refractivity contribution in [2.24, 2.45) is 0 Å². The van der Waals surface area contributed by atoms with Crippen molar-refractivity contribution in [3.05, 3.63) is 64.1 Å². The molecule has 0 amide bonds. The molecule has 0 heterocycles. The summed E-state index contributed by atoms with van der Waals surface area (Å²) in [5, 5.41) is 14.2. The molecule has 22 heavy (non-hydrogen) atoms. The highest BCUT2D eigenvalue weighted by Crippen LogP contribution is 2.28. The molecule has 112 valence electrons. The van der Waals surface area contributed by atoms with Crippen molar-refractivity contribution in [3.8, 4) is 11.8 Å². The molecule has 0 aliphatic rings. The summed E-state index contributed by atoms with van der Waals surface area (Å²) in [5.74, 6) is 0.790. The summed E-state index contributed by atoms with van der Waals surface area (Å²) >= 11 is 7.39. The third-order valence-electron chi connectivity index (χ3n) is 3.02. The van der Waals surface area contributed by atoms with Crippen LogP contribution in [0, 0.1) is 11.3 Å². The van der Waals surface area contributed by atoms with Crippen LogP contribution in [0.1, 0.15) is 5.56 Å². The van der Waals surface area contributed by atoms with Gasteiger partial charge in [-0.1, -0.05) is 23.7 Å². The van der Waals surface area contributed by atoms with E-state index in [1.165, 1.54) is 11.8 Å². The molecule has 3 nitrogen and oxygen atoms in total. The Kier molecular flexibility index (Phi) is 5.76. The second kappa shape index (κ2) is 7.79. The maximum absolute atomic E-state index is 9.50. The lowest BCUT2D eigenvalue weighted by Gasteiger charge is -2.12. The fourth-order valence-electron chi connectivity index (χ4n) is 1.88. The van der Waals surface area contributed by atoms with Gasteiger partial charge in [-0.05, 0) is 48.2 Å². The molecule has 0 bridgehead atoms. The van der Waals surface area contributed by atoms with Crippen LogP contribution in [0.4, 0.5) is 5.69 Å². The predicted molar refractivity (Wildman–Crippen MR) is 94.1 cm³/mol. The highest BCUT2D eigenvalue weighted by atomic mass is 35.5. The number of nitrogens with zero attached hydrogens (tertiary/aromatic N) is 1. The largest absolute Gasteiger partial charge is 0.497 e. The minimum Gasteiger partial charge on any atom is -0.497 e. The first kappa shape index (κ1) is 16.3. The number of hydrogen-bond donors (Lipinski definition) is 1. The van der Waals surface area contributed by atoms with E-state index in [9.17, 15) is 5.26 Å². The summed E-state index contributed by atoms with van der Waals surface area (Å²) in [5.41, 5.74) is 2.31. The highest BCUT2D eigenvalue weighted by molar-refractivity contribution is 8.02. The molecule has 2 rings (SSSR count). The number of allylic oxidation sites excluding steroid dienone is 1. The fraction of sp³-hybridized carbons (Fsp3) is 0.118. The lowest BCUT2D eigenvalue weighted by Crippen LogP contribution is -1.99. The van der Waals surface area contributed by atoms with E-state index >= 15 is 0 Å². The van der Waals surface area contributed by atoms with Gasteiger partial charge < -0.3 is 10.1 Å². The summed E-state index contributed by atoms with van der Waals surface area (Å²) in [6.45, 7) is 0. The molecule has 0 atom stereocenters. The summed E-state index contributed by atoms with van der Waals surface area (Å²) in [6.07, 6.45) is 1.93. The average Bonchev–Trinajstić information content (AvgIpc) is 2.56. The zero-order chi connectivity index (χ0) is 15.9. The van der Waals surface area contributed by atoms with E-state index in [2.05, 4.69) is 11.4 Å². The predicted octanol–water partition coefficient (Wildman–Crippen LogP) is 5.02. The second-order valence-electron chi connectivity index (χ2n) is 4.38. The topological polar surface area (TPSA) is 45.0 Å². The van der Waals surface area contributed by atoms with E-state index in [0.717, 1.165) is 22.0 Å². The minimum absolute atomic E-state index is 0.583. The first-order chi connectivity index (χ1) is 10.7. The van der Waals surface area contributed by atoms with E-state index in [0.29, 0.717) is 10.6 Å². The number of anilines is 1. The van der Waals surface area contributed by atoms with Gasteiger partial charge in [-0.3, -0.25) is 0 Å². The molecule has 0 spiro atoms. The third kappa shape index (κ3) is 3.97. The van der Waals surface area contributed by atoms with Gasteiger partial charge in [0, 0.05) is 10.7 Å². The van der Waals surface area contributed by atoms with Gasteiger partial charge in [0.25, 0.3) is 0 Å². The molecule has 2 aromatic carbocycles. The van der Waals surface area contributed by atoms with Crippen molar-refractivity contribution in [2.45, 2.75) is 0 Å². The van der Waals surface area contributed by atoms with Crippen molar-refractivity contribution in [3.63, 3.8) is 0 Å². The van der Waals surface area contributed by atoms with Crippen LogP contribution in [0.2, 0.25) is 5.02 Å². The summed E-state index contributed by atoms with van der Waals surface area (Å²) in [6, 6.07) is 17.1. The molecule has 0 fully saturated rings. The Hall–Kier alpha value is -2.09. The van der Waals surface area contributed by atoms with Gasteiger partial charge in [-0.15, -0.1) is 11.8 Å². The number of nitrogens with one attached hydrogen (secondary N) is 1. The number of benzene rings is 2. The van der Waals surface area contributed by atoms with Gasteiger partial charge in [-0.25, -0.2) is 0 Å². The Morgan fingerprint density at radius 1 is 1.14 bits per heavy atom. The Labute approximate surface area is 139 Å². The highest BCUT2D eigenvalue weighted by Gasteiger charge is 2.09. The standard InChI is InChI=1S/C17H15ClN2OS/c1-21-15-9-7-14(8-10-15)20-17(22-2)16(11-19)12-3-5-13(18)6-4-12/h3-10,20H,1-2H3/b17-16+. The number of halogens is 1. The van der Waals surface area contributed by atoms with Crippen molar-refractivity contribution < 1.29 is 4.74 Å². The van der Waals surface area contributed by atoms with E-state index in [1.54, 1.807) is 19.2 Å². The fourth-order valence-corrected chi connectivity index (χ4v) is 2.60. The normalized spacial score (nSPS) is 11.4. The van der Waals surface area contributed by atoms with E-state index in [-0.39, 0.29) is 0 Å². The van der Waals surface area contributed by atoms with Crippen LogP contribution in [0.15, 0.2) is 53.6 Å². The average molecular weight is 331 g/mol. The van der Waals surface area contributed by atoms with E-state index < -0.39 is 0 Å². The smallest absolute Gasteiger partial charge is 0.119 e. The van der Waals surface area contributed by atoms with Crippen molar-refractivity contribution >= 4 is 34.6 Å². The van der Waals surface area contributed by atoms with Crippen LogP contribution in [0.3, 0.4) is 0 Å². The molecule has 0 saturated carbocycles. The van der Waals surface area contributed by atoms with E-state index in [4.69, 9.17) is 16.3 Å². The Bertz CT molecular complexity index is 703. The quantitative estimate of drug-likeness (QED) is 0.782. The molecule has 0 radical (unpaired) electrons. The van der Waals surface area contributed by atoms with Gasteiger partial charge in [0.15, 0.2) is 0 Å². The molecule has 5 heteroatoms. The SMILES string of the molecule is COc1ccc(N/C(SC)=C(/C#N)c2ccc(Cl)cc2)cc1. The molecule has 0 saturated heterocycles. The van der Waals surface area contributed by atoms with Gasteiger partial charge in [0.1, 0.15) is 11.8 Å². The van der Waals surface area contributed by atoms with Gasteiger partial charge >= 0.3 is 0 Å². The first-order valence-electron chi connectivity index (χ1n) is 6.53. The summed E-state index contributed by atoms with van der Waals surface area (Å²) in [7, 11) is 1.63. The Morgan fingerprint density at radius 3 is 2.27 bits per heavy atom. The maximum Gasteiger partial charge on any atom is 0.119 e. The number of nitriles is 1. The van der Waals surface area contributed by atoms with Crippen LogP contribution in [-0.4, -0.2) is 13.4 Å². The van der Waals surface area contributed by atoms with Crippen molar-refractivity contribution in [2.75, 3.05) is 18.7 Å². The number of methoxy groups -OCH3 is 1. The monoisotopic (exact) mass is 330 g/mol. The van der Waals surface area contributed by atoms with Crippen LogP contribution in [0.25, 0.3) is 5.57 Å².